The monoisotopic (exact) mass is 219 g/mol. The third-order valence-electron chi connectivity index (χ3n) is 3.69. The first kappa shape index (κ1) is 11.6. The van der Waals surface area contributed by atoms with Crippen LogP contribution in [0.25, 0.3) is 0 Å². The lowest BCUT2D eigenvalue weighted by Crippen LogP contribution is -2.31. The second kappa shape index (κ2) is 5.41. The van der Waals surface area contributed by atoms with Gasteiger partial charge in [-0.1, -0.05) is 26.2 Å². The maximum atomic E-state index is 5.69. The number of rotatable bonds is 5. The molecule has 1 aromatic rings. The van der Waals surface area contributed by atoms with Crippen LogP contribution in [0.15, 0.2) is 18.5 Å². The molecule has 0 aromatic carbocycles. The molecule has 88 valence electrons. The van der Waals surface area contributed by atoms with Crippen LogP contribution in [-0.2, 0) is 6.42 Å². The summed E-state index contributed by atoms with van der Waals surface area (Å²) in [7, 11) is 0. The summed E-state index contributed by atoms with van der Waals surface area (Å²) in [5, 5.41) is 0. The molecule has 0 radical (unpaired) electrons. The number of hydrazine groups is 1. The van der Waals surface area contributed by atoms with Gasteiger partial charge in [-0.15, -0.1) is 0 Å². The third kappa shape index (κ3) is 2.42. The Balaban J connectivity index is 2.11. The Hall–Kier alpha value is -0.930. The van der Waals surface area contributed by atoms with Crippen LogP contribution >= 0.6 is 0 Å². The summed E-state index contributed by atoms with van der Waals surface area (Å²) < 4.78 is 0. The predicted octanol–water partition coefficient (Wildman–Crippen LogP) is 2.34. The second-order valence-corrected chi connectivity index (χ2v) is 4.68. The van der Waals surface area contributed by atoms with Crippen molar-refractivity contribution in [3.63, 3.8) is 0 Å². The molecule has 3 N–H and O–H groups in total. The standard InChI is InChI=1S/C13H21N3/c1-2-11-9-15-7-6-12(11)13(16-14)8-10-4-3-5-10/h6-7,9-10,13,16H,2-5,8,14H2,1H3. The highest BCUT2D eigenvalue weighted by Crippen LogP contribution is 2.35. The molecule has 1 aromatic heterocycles. The van der Waals surface area contributed by atoms with Gasteiger partial charge < -0.3 is 0 Å². The van der Waals surface area contributed by atoms with Crippen LogP contribution in [0.2, 0.25) is 0 Å². The normalized spacial score (nSPS) is 18.1. The summed E-state index contributed by atoms with van der Waals surface area (Å²) in [5.41, 5.74) is 5.60. The number of nitrogens with one attached hydrogen (secondary N) is 1. The first-order valence-electron chi connectivity index (χ1n) is 6.24. The summed E-state index contributed by atoms with van der Waals surface area (Å²) in [6.45, 7) is 2.16. The molecule has 16 heavy (non-hydrogen) atoms. The zero-order chi connectivity index (χ0) is 11.4. The fraction of sp³-hybridized carbons (Fsp3) is 0.615. The number of aromatic nitrogens is 1. The van der Waals surface area contributed by atoms with E-state index in [0.29, 0.717) is 6.04 Å². The highest BCUT2D eigenvalue weighted by atomic mass is 15.2. The van der Waals surface area contributed by atoms with E-state index in [4.69, 9.17) is 5.84 Å². The van der Waals surface area contributed by atoms with Crippen molar-refractivity contribution in [2.45, 2.75) is 45.1 Å². The maximum absolute atomic E-state index is 5.69. The smallest absolute Gasteiger partial charge is 0.0466 e. The van der Waals surface area contributed by atoms with Crippen LogP contribution in [-0.4, -0.2) is 4.98 Å². The average molecular weight is 219 g/mol. The zero-order valence-electron chi connectivity index (χ0n) is 9.95. The number of nitrogens with two attached hydrogens (primary N) is 1. The van der Waals surface area contributed by atoms with Gasteiger partial charge in [0.1, 0.15) is 0 Å². The molecular formula is C13H21N3. The molecule has 0 aliphatic heterocycles. The van der Waals surface area contributed by atoms with E-state index in [1.54, 1.807) is 0 Å². The first-order valence-corrected chi connectivity index (χ1v) is 6.24. The van der Waals surface area contributed by atoms with Crippen LogP contribution in [0.1, 0.15) is 49.8 Å². The van der Waals surface area contributed by atoms with Crippen LogP contribution in [0.5, 0.6) is 0 Å². The van der Waals surface area contributed by atoms with Crippen molar-refractivity contribution in [2.75, 3.05) is 0 Å². The Bertz CT molecular complexity index is 334. The molecule has 3 nitrogen and oxygen atoms in total. The molecule has 3 heteroatoms. The summed E-state index contributed by atoms with van der Waals surface area (Å²) in [6.07, 6.45) is 10.1. The van der Waals surface area contributed by atoms with Crippen LogP contribution in [0.3, 0.4) is 0 Å². The lowest BCUT2D eigenvalue weighted by molar-refractivity contribution is 0.261. The van der Waals surface area contributed by atoms with E-state index in [1.807, 2.05) is 12.4 Å². The minimum atomic E-state index is 0.295. The van der Waals surface area contributed by atoms with E-state index in [0.717, 1.165) is 18.8 Å². The first-order chi connectivity index (χ1) is 7.85. The number of pyridine rings is 1. The molecule has 1 unspecified atom stereocenters. The molecule has 0 spiro atoms. The fourth-order valence-electron chi connectivity index (χ4n) is 2.42. The Morgan fingerprint density at radius 3 is 2.94 bits per heavy atom. The van der Waals surface area contributed by atoms with E-state index < -0.39 is 0 Å². The van der Waals surface area contributed by atoms with Gasteiger partial charge in [-0.25, -0.2) is 0 Å². The summed E-state index contributed by atoms with van der Waals surface area (Å²) in [6, 6.07) is 2.39. The molecule has 1 heterocycles. The maximum Gasteiger partial charge on any atom is 0.0466 e. The number of hydrogen-bond acceptors (Lipinski definition) is 3. The van der Waals surface area contributed by atoms with Crippen molar-refractivity contribution in [3.05, 3.63) is 29.6 Å². The molecule has 1 atom stereocenters. The van der Waals surface area contributed by atoms with E-state index in [2.05, 4.69) is 23.4 Å². The average Bonchev–Trinajstić information content (AvgIpc) is 2.28. The Kier molecular flexibility index (Phi) is 3.91. The van der Waals surface area contributed by atoms with Gasteiger partial charge in [0.05, 0.1) is 0 Å². The van der Waals surface area contributed by atoms with E-state index in [-0.39, 0.29) is 0 Å². The van der Waals surface area contributed by atoms with Crippen molar-refractivity contribution >= 4 is 0 Å². The van der Waals surface area contributed by atoms with Crippen molar-refractivity contribution in [2.24, 2.45) is 11.8 Å². The molecular weight excluding hydrogens is 198 g/mol. The van der Waals surface area contributed by atoms with Crippen molar-refractivity contribution in [1.82, 2.24) is 10.4 Å². The highest BCUT2D eigenvalue weighted by molar-refractivity contribution is 5.26. The van der Waals surface area contributed by atoms with Gasteiger partial charge >= 0.3 is 0 Å². The van der Waals surface area contributed by atoms with Crippen molar-refractivity contribution in [1.29, 1.82) is 0 Å². The van der Waals surface area contributed by atoms with Gasteiger partial charge in [-0.05, 0) is 36.0 Å². The van der Waals surface area contributed by atoms with Gasteiger partial charge in [-0.3, -0.25) is 16.3 Å². The van der Waals surface area contributed by atoms with E-state index >= 15 is 0 Å². The summed E-state index contributed by atoms with van der Waals surface area (Å²) >= 11 is 0. The quantitative estimate of drug-likeness (QED) is 0.590. The number of nitrogens with zero attached hydrogens (tertiary/aromatic N) is 1. The lowest BCUT2D eigenvalue weighted by Gasteiger charge is -2.30. The predicted molar refractivity (Wildman–Crippen MR) is 65.6 cm³/mol. The third-order valence-corrected chi connectivity index (χ3v) is 3.69. The summed E-state index contributed by atoms with van der Waals surface area (Å²) in [5.74, 6) is 6.55. The molecule has 1 saturated carbocycles. The van der Waals surface area contributed by atoms with Crippen LogP contribution < -0.4 is 11.3 Å². The fourth-order valence-corrected chi connectivity index (χ4v) is 2.42. The molecule has 2 rings (SSSR count). The molecule has 0 amide bonds. The molecule has 1 aliphatic rings. The van der Waals surface area contributed by atoms with Crippen LogP contribution in [0, 0.1) is 5.92 Å². The van der Waals surface area contributed by atoms with Gasteiger partial charge in [0.2, 0.25) is 0 Å². The molecule has 0 saturated heterocycles. The lowest BCUT2D eigenvalue weighted by atomic mass is 9.79. The SMILES string of the molecule is CCc1cnccc1C(CC1CCC1)NN. The second-order valence-electron chi connectivity index (χ2n) is 4.68. The molecule has 1 aliphatic carbocycles. The minimum Gasteiger partial charge on any atom is -0.271 e. The van der Waals surface area contributed by atoms with Crippen molar-refractivity contribution < 1.29 is 0 Å². The Labute approximate surface area is 97.4 Å². The van der Waals surface area contributed by atoms with Gasteiger partial charge in [0.25, 0.3) is 0 Å². The zero-order valence-corrected chi connectivity index (χ0v) is 9.95. The Morgan fingerprint density at radius 1 is 1.56 bits per heavy atom. The minimum absolute atomic E-state index is 0.295. The van der Waals surface area contributed by atoms with Crippen LogP contribution in [0.4, 0.5) is 0 Å². The van der Waals surface area contributed by atoms with Gasteiger partial charge in [-0.2, -0.15) is 0 Å². The van der Waals surface area contributed by atoms with Gasteiger partial charge in [0, 0.05) is 18.4 Å². The Morgan fingerprint density at radius 2 is 2.38 bits per heavy atom. The highest BCUT2D eigenvalue weighted by Gasteiger charge is 2.23. The summed E-state index contributed by atoms with van der Waals surface area (Å²) in [4.78, 5) is 4.18. The topological polar surface area (TPSA) is 50.9 Å². The number of aryl methyl sites for hydroxylation is 1. The van der Waals surface area contributed by atoms with E-state index in [9.17, 15) is 0 Å². The molecule has 0 bridgehead atoms. The van der Waals surface area contributed by atoms with Gasteiger partial charge in [0.15, 0.2) is 0 Å². The van der Waals surface area contributed by atoms with Crippen molar-refractivity contribution in [3.8, 4) is 0 Å². The van der Waals surface area contributed by atoms with E-state index in [1.165, 1.54) is 30.4 Å². The largest absolute Gasteiger partial charge is 0.271 e. The molecule has 1 fully saturated rings. The number of hydrogen-bond donors (Lipinski definition) is 2.